The van der Waals surface area contributed by atoms with Crippen LogP contribution in [0.3, 0.4) is 0 Å². The first-order chi connectivity index (χ1) is 5.77. The van der Waals surface area contributed by atoms with E-state index >= 15 is 0 Å². The van der Waals surface area contributed by atoms with E-state index in [1.54, 1.807) is 0 Å². The minimum Gasteiger partial charge on any atom is -0.306 e. The first-order valence-electron chi connectivity index (χ1n) is 4.41. The first-order valence-corrected chi connectivity index (χ1v) is 5.29. The SMILES string of the molecule is CCC(CC)Cn1ccsc1=O. The van der Waals surface area contributed by atoms with E-state index in [2.05, 4.69) is 13.8 Å². The van der Waals surface area contributed by atoms with Crippen molar-refractivity contribution in [3.63, 3.8) is 0 Å². The average molecular weight is 185 g/mol. The predicted octanol–water partition coefficient (Wildman–Crippen LogP) is 2.35. The van der Waals surface area contributed by atoms with Crippen LogP contribution in [0.25, 0.3) is 0 Å². The van der Waals surface area contributed by atoms with Crippen LogP contribution in [0.2, 0.25) is 0 Å². The summed E-state index contributed by atoms with van der Waals surface area (Å²) >= 11 is 1.27. The Morgan fingerprint density at radius 1 is 1.50 bits per heavy atom. The summed E-state index contributed by atoms with van der Waals surface area (Å²) in [5.41, 5.74) is 0. The first kappa shape index (κ1) is 9.52. The molecular formula is C9H15NOS. The van der Waals surface area contributed by atoms with Gasteiger partial charge < -0.3 is 4.57 Å². The number of nitrogens with zero attached hydrogens (tertiary/aromatic N) is 1. The molecule has 0 aliphatic heterocycles. The second kappa shape index (κ2) is 4.45. The van der Waals surface area contributed by atoms with Gasteiger partial charge in [0.25, 0.3) is 0 Å². The molecule has 0 saturated carbocycles. The van der Waals surface area contributed by atoms with E-state index in [0.29, 0.717) is 5.92 Å². The lowest BCUT2D eigenvalue weighted by molar-refractivity contribution is 0.415. The Labute approximate surface area is 76.9 Å². The van der Waals surface area contributed by atoms with E-state index in [-0.39, 0.29) is 4.87 Å². The van der Waals surface area contributed by atoms with Gasteiger partial charge in [0.05, 0.1) is 0 Å². The molecule has 0 radical (unpaired) electrons. The monoisotopic (exact) mass is 185 g/mol. The fraction of sp³-hybridized carbons (Fsp3) is 0.667. The molecule has 0 spiro atoms. The van der Waals surface area contributed by atoms with Crippen molar-refractivity contribution in [3.05, 3.63) is 21.2 Å². The molecular weight excluding hydrogens is 170 g/mol. The lowest BCUT2D eigenvalue weighted by Gasteiger charge is -2.11. The van der Waals surface area contributed by atoms with E-state index in [4.69, 9.17) is 0 Å². The van der Waals surface area contributed by atoms with Crippen LogP contribution in [0.4, 0.5) is 0 Å². The summed E-state index contributed by atoms with van der Waals surface area (Å²) in [6, 6.07) is 0. The molecule has 0 N–H and O–H groups in total. The van der Waals surface area contributed by atoms with Gasteiger partial charge in [-0.25, -0.2) is 0 Å². The molecule has 68 valence electrons. The van der Waals surface area contributed by atoms with Crippen molar-refractivity contribution in [1.82, 2.24) is 4.57 Å². The molecule has 0 aromatic carbocycles. The van der Waals surface area contributed by atoms with Crippen LogP contribution >= 0.6 is 11.3 Å². The molecule has 1 rings (SSSR count). The van der Waals surface area contributed by atoms with Crippen molar-refractivity contribution < 1.29 is 0 Å². The molecule has 1 aromatic heterocycles. The molecule has 0 fully saturated rings. The maximum absolute atomic E-state index is 11.2. The Morgan fingerprint density at radius 2 is 2.17 bits per heavy atom. The van der Waals surface area contributed by atoms with Crippen LogP contribution in [-0.4, -0.2) is 4.57 Å². The zero-order valence-electron chi connectivity index (χ0n) is 7.62. The second-order valence-electron chi connectivity index (χ2n) is 3.00. The minimum absolute atomic E-state index is 0.168. The van der Waals surface area contributed by atoms with Gasteiger partial charge in [0.2, 0.25) is 0 Å². The van der Waals surface area contributed by atoms with Crippen LogP contribution in [0.1, 0.15) is 26.7 Å². The van der Waals surface area contributed by atoms with E-state index in [1.165, 1.54) is 11.3 Å². The molecule has 0 unspecified atom stereocenters. The third-order valence-corrected chi connectivity index (χ3v) is 2.95. The van der Waals surface area contributed by atoms with Crippen LogP contribution in [0, 0.1) is 5.92 Å². The molecule has 0 aliphatic rings. The molecule has 3 heteroatoms. The third kappa shape index (κ3) is 2.21. The van der Waals surface area contributed by atoms with Gasteiger partial charge in [-0.15, -0.1) is 0 Å². The van der Waals surface area contributed by atoms with Gasteiger partial charge >= 0.3 is 4.87 Å². The van der Waals surface area contributed by atoms with Crippen LogP contribution in [0.15, 0.2) is 16.4 Å². The van der Waals surface area contributed by atoms with Crippen molar-refractivity contribution in [1.29, 1.82) is 0 Å². The molecule has 1 heterocycles. The highest BCUT2D eigenvalue weighted by Gasteiger charge is 2.05. The van der Waals surface area contributed by atoms with Crippen LogP contribution in [-0.2, 0) is 6.54 Å². The molecule has 12 heavy (non-hydrogen) atoms. The predicted molar refractivity (Wildman–Crippen MR) is 52.7 cm³/mol. The minimum atomic E-state index is 0.168. The van der Waals surface area contributed by atoms with Gasteiger partial charge in [0.15, 0.2) is 0 Å². The van der Waals surface area contributed by atoms with Crippen molar-refractivity contribution in [2.45, 2.75) is 33.2 Å². The maximum Gasteiger partial charge on any atom is 0.307 e. The fourth-order valence-electron chi connectivity index (χ4n) is 1.25. The quantitative estimate of drug-likeness (QED) is 0.705. The second-order valence-corrected chi connectivity index (χ2v) is 3.86. The molecule has 2 nitrogen and oxygen atoms in total. The zero-order chi connectivity index (χ0) is 8.97. The Hall–Kier alpha value is -0.570. The largest absolute Gasteiger partial charge is 0.307 e. The summed E-state index contributed by atoms with van der Waals surface area (Å²) in [5.74, 6) is 0.650. The number of hydrogen-bond acceptors (Lipinski definition) is 2. The summed E-state index contributed by atoms with van der Waals surface area (Å²) in [7, 11) is 0. The van der Waals surface area contributed by atoms with Crippen molar-refractivity contribution in [2.24, 2.45) is 5.92 Å². The van der Waals surface area contributed by atoms with Gasteiger partial charge in [0, 0.05) is 18.1 Å². The van der Waals surface area contributed by atoms with Gasteiger partial charge in [0.1, 0.15) is 0 Å². The summed E-state index contributed by atoms with van der Waals surface area (Å²) in [5, 5.41) is 1.85. The summed E-state index contributed by atoms with van der Waals surface area (Å²) in [6.45, 7) is 5.23. The highest BCUT2D eigenvalue weighted by atomic mass is 32.1. The van der Waals surface area contributed by atoms with Crippen molar-refractivity contribution in [2.75, 3.05) is 0 Å². The van der Waals surface area contributed by atoms with E-state index in [1.807, 2.05) is 16.1 Å². The highest BCUT2D eigenvalue weighted by Crippen LogP contribution is 2.09. The molecule has 0 bridgehead atoms. The maximum atomic E-state index is 11.2. The van der Waals surface area contributed by atoms with Crippen LogP contribution < -0.4 is 4.87 Å². The lowest BCUT2D eigenvalue weighted by Crippen LogP contribution is -2.17. The topological polar surface area (TPSA) is 22.0 Å². The van der Waals surface area contributed by atoms with E-state index < -0.39 is 0 Å². The lowest BCUT2D eigenvalue weighted by atomic mass is 10.0. The Bertz CT molecular complexity index is 272. The molecule has 0 atom stereocenters. The molecule has 0 aliphatic carbocycles. The molecule has 0 amide bonds. The van der Waals surface area contributed by atoms with Gasteiger partial charge in [-0.05, 0) is 5.92 Å². The fourth-order valence-corrected chi connectivity index (χ4v) is 1.85. The number of hydrogen-bond donors (Lipinski definition) is 0. The molecule has 0 saturated heterocycles. The Morgan fingerprint density at radius 3 is 2.58 bits per heavy atom. The normalized spacial score (nSPS) is 10.9. The standard InChI is InChI=1S/C9H15NOS/c1-3-8(4-2)7-10-5-6-12-9(10)11/h5-6,8H,3-4,7H2,1-2H3. The summed E-state index contributed by atoms with van der Waals surface area (Å²) < 4.78 is 1.81. The van der Waals surface area contributed by atoms with Gasteiger partial charge in [-0.2, -0.15) is 0 Å². The van der Waals surface area contributed by atoms with Crippen molar-refractivity contribution in [3.8, 4) is 0 Å². The highest BCUT2D eigenvalue weighted by molar-refractivity contribution is 7.07. The zero-order valence-corrected chi connectivity index (χ0v) is 8.43. The van der Waals surface area contributed by atoms with Crippen molar-refractivity contribution >= 4 is 11.3 Å². The summed E-state index contributed by atoms with van der Waals surface area (Å²) in [6.07, 6.45) is 4.18. The number of aromatic nitrogens is 1. The number of thiazole rings is 1. The smallest absolute Gasteiger partial charge is 0.306 e. The Kier molecular flexibility index (Phi) is 3.53. The van der Waals surface area contributed by atoms with Crippen LogP contribution in [0.5, 0.6) is 0 Å². The van der Waals surface area contributed by atoms with E-state index in [9.17, 15) is 4.79 Å². The van der Waals surface area contributed by atoms with E-state index in [0.717, 1.165) is 19.4 Å². The van der Waals surface area contributed by atoms with Gasteiger partial charge in [-0.1, -0.05) is 38.0 Å². The number of rotatable bonds is 4. The van der Waals surface area contributed by atoms with Gasteiger partial charge in [-0.3, -0.25) is 4.79 Å². The third-order valence-electron chi connectivity index (χ3n) is 2.25. The molecule has 1 aromatic rings. The summed E-state index contributed by atoms with van der Waals surface area (Å²) in [4.78, 5) is 11.3. The average Bonchev–Trinajstić information content (AvgIpc) is 2.47. The Balaban J connectivity index is 2.62.